The van der Waals surface area contributed by atoms with E-state index in [0.717, 1.165) is 6.20 Å². The van der Waals surface area contributed by atoms with Crippen LogP contribution in [0, 0.1) is 5.82 Å². The number of halogens is 1. The van der Waals surface area contributed by atoms with Gasteiger partial charge in [0.25, 0.3) is 5.91 Å². The van der Waals surface area contributed by atoms with E-state index in [-0.39, 0.29) is 34.7 Å². The first-order valence-electron chi connectivity index (χ1n) is 10.4. The maximum absolute atomic E-state index is 14.5. The van der Waals surface area contributed by atoms with Crippen molar-refractivity contribution in [1.29, 1.82) is 0 Å². The van der Waals surface area contributed by atoms with Crippen LogP contribution >= 0.6 is 0 Å². The summed E-state index contributed by atoms with van der Waals surface area (Å²) in [7, 11) is 0. The predicted molar refractivity (Wildman–Crippen MR) is 116 cm³/mol. The van der Waals surface area contributed by atoms with Gasteiger partial charge in [-0.3, -0.25) is 19.1 Å². The average Bonchev–Trinajstić information content (AvgIpc) is 2.81. The van der Waals surface area contributed by atoms with E-state index in [2.05, 4.69) is 5.10 Å². The van der Waals surface area contributed by atoms with Gasteiger partial charge in [0.05, 0.1) is 23.7 Å². The number of carbonyl (C=O) groups excluding carboxylic acids is 2. The zero-order chi connectivity index (χ0) is 22.8. The Morgan fingerprint density at radius 1 is 1.09 bits per heavy atom. The summed E-state index contributed by atoms with van der Waals surface area (Å²) in [5.41, 5.74) is 0.485. The van der Waals surface area contributed by atoms with Gasteiger partial charge < -0.3 is 14.9 Å². The topological polar surface area (TPSA) is 95.7 Å². The lowest BCUT2D eigenvalue weighted by Crippen LogP contribution is -2.50. The minimum atomic E-state index is -0.633. The van der Waals surface area contributed by atoms with E-state index >= 15 is 0 Å². The number of carbonyl (C=O) groups is 2. The van der Waals surface area contributed by atoms with Crippen molar-refractivity contribution in [2.75, 3.05) is 26.2 Å². The number of amides is 2. The molecule has 166 valence electrons. The number of aromatic hydroxyl groups is 1. The molecule has 1 aliphatic rings. The van der Waals surface area contributed by atoms with Crippen molar-refractivity contribution < 1.29 is 19.1 Å². The molecule has 0 spiro atoms. The van der Waals surface area contributed by atoms with Gasteiger partial charge in [0, 0.05) is 32.6 Å². The molecule has 0 unspecified atom stereocenters. The van der Waals surface area contributed by atoms with Gasteiger partial charge in [0.2, 0.25) is 11.3 Å². The first kappa shape index (κ1) is 21.5. The van der Waals surface area contributed by atoms with E-state index in [1.54, 1.807) is 28.9 Å². The minimum Gasteiger partial charge on any atom is -0.506 e. The van der Waals surface area contributed by atoms with Crippen LogP contribution in [0.5, 0.6) is 5.75 Å². The lowest BCUT2D eigenvalue weighted by atomic mass is 10.1. The van der Waals surface area contributed by atoms with Crippen LogP contribution in [0.15, 0.2) is 47.4 Å². The maximum atomic E-state index is 14.5. The summed E-state index contributed by atoms with van der Waals surface area (Å²) in [6, 6.07) is 8.86. The normalized spacial score (nSPS) is 14.1. The number of phenolic OH excluding ortho intramolecular Hbond substituents is 1. The fraction of sp³-hybridized carbons (Fsp3) is 0.304. The Hall–Kier alpha value is -3.75. The molecule has 1 saturated heterocycles. The monoisotopic (exact) mass is 438 g/mol. The molecule has 3 aromatic rings. The van der Waals surface area contributed by atoms with E-state index in [4.69, 9.17) is 0 Å². The zero-order valence-corrected chi connectivity index (χ0v) is 17.6. The molecule has 1 N–H and O–H groups in total. The summed E-state index contributed by atoms with van der Waals surface area (Å²) in [5, 5.41) is 14.7. The van der Waals surface area contributed by atoms with Crippen molar-refractivity contribution in [3.8, 4) is 5.75 Å². The van der Waals surface area contributed by atoms with Crippen LogP contribution < -0.4 is 5.43 Å². The zero-order valence-electron chi connectivity index (χ0n) is 17.6. The van der Waals surface area contributed by atoms with Gasteiger partial charge in [0.1, 0.15) is 17.1 Å². The highest BCUT2D eigenvalue weighted by Crippen LogP contribution is 2.22. The summed E-state index contributed by atoms with van der Waals surface area (Å²) in [6.45, 7) is 3.45. The highest BCUT2D eigenvalue weighted by molar-refractivity contribution is 5.95. The molecule has 1 aliphatic heterocycles. The highest BCUT2D eigenvalue weighted by atomic mass is 19.1. The predicted octanol–water partition coefficient (Wildman–Crippen LogP) is 1.98. The second kappa shape index (κ2) is 8.78. The third-order valence-corrected chi connectivity index (χ3v) is 5.67. The quantitative estimate of drug-likeness (QED) is 0.672. The smallest absolute Gasteiger partial charge is 0.256 e. The molecule has 2 amide bonds. The Balaban J connectivity index is 1.59. The number of aromatic nitrogens is 2. The van der Waals surface area contributed by atoms with Crippen LogP contribution in [0.3, 0.4) is 0 Å². The molecule has 0 saturated carbocycles. The van der Waals surface area contributed by atoms with Crippen molar-refractivity contribution in [2.24, 2.45) is 0 Å². The van der Waals surface area contributed by atoms with E-state index in [1.165, 1.54) is 28.9 Å². The van der Waals surface area contributed by atoms with Gasteiger partial charge in [-0.1, -0.05) is 19.1 Å². The van der Waals surface area contributed by atoms with Crippen LogP contribution in [-0.2, 0) is 11.3 Å². The molecule has 8 nitrogen and oxygen atoms in total. The van der Waals surface area contributed by atoms with Crippen molar-refractivity contribution in [1.82, 2.24) is 19.6 Å². The first-order chi connectivity index (χ1) is 15.4. The lowest BCUT2D eigenvalue weighted by molar-refractivity contribution is -0.132. The average molecular weight is 438 g/mol. The van der Waals surface area contributed by atoms with E-state index in [9.17, 15) is 23.9 Å². The molecule has 0 bridgehead atoms. The fourth-order valence-electron chi connectivity index (χ4n) is 3.93. The molecular weight excluding hydrogens is 415 g/mol. The number of hydrogen-bond acceptors (Lipinski definition) is 5. The maximum Gasteiger partial charge on any atom is 0.256 e. The van der Waals surface area contributed by atoms with Crippen LogP contribution in [0.25, 0.3) is 10.9 Å². The molecule has 0 aliphatic carbocycles. The molecule has 0 radical (unpaired) electrons. The summed E-state index contributed by atoms with van der Waals surface area (Å²) in [4.78, 5) is 40.1. The second-order valence-electron chi connectivity index (χ2n) is 7.68. The number of benzene rings is 2. The minimum absolute atomic E-state index is 0.0365. The largest absolute Gasteiger partial charge is 0.506 e. The molecule has 2 heterocycles. The molecule has 0 atom stereocenters. The summed E-state index contributed by atoms with van der Waals surface area (Å²) < 4.78 is 16.0. The van der Waals surface area contributed by atoms with Gasteiger partial charge in [-0.05, 0) is 29.8 Å². The van der Waals surface area contributed by atoms with Crippen LogP contribution in [0.1, 0.15) is 29.3 Å². The van der Waals surface area contributed by atoms with E-state index < -0.39 is 11.7 Å². The van der Waals surface area contributed by atoms with Gasteiger partial charge in [-0.2, -0.15) is 5.10 Å². The summed E-state index contributed by atoms with van der Waals surface area (Å²) in [6.07, 6.45) is 1.57. The van der Waals surface area contributed by atoms with Crippen molar-refractivity contribution >= 4 is 22.7 Å². The molecule has 2 aromatic carbocycles. The summed E-state index contributed by atoms with van der Waals surface area (Å²) in [5.74, 6) is -1.13. The number of piperazine rings is 1. The Morgan fingerprint density at radius 3 is 2.53 bits per heavy atom. The van der Waals surface area contributed by atoms with E-state index in [0.29, 0.717) is 43.5 Å². The number of nitrogens with zero attached hydrogens (tertiary/aromatic N) is 4. The Morgan fingerprint density at radius 2 is 1.81 bits per heavy atom. The number of para-hydroxylation sites is 1. The van der Waals surface area contributed by atoms with Crippen LogP contribution in [-0.4, -0.2) is 62.7 Å². The SMILES string of the molecule is CCC(=O)N1CCN(C(=O)c2cc(Cn3ncc(=O)c4cccc(O)c43)ccc2F)CC1. The third kappa shape index (κ3) is 4.05. The van der Waals surface area contributed by atoms with E-state index in [1.807, 2.05) is 0 Å². The highest BCUT2D eigenvalue weighted by Gasteiger charge is 2.26. The molecule has 4 rings (SSSR count). The summed E-state index contributed by atoms with van der Waals surface area (Å²) >= 11 is 0. The first-order valence-corrected chi connectivity index (χ1v) is 10.4. The van der Waals surface area contributed by atoms with Crippen molar-refractivity contribution in [3.63, 3.8) is 0 Å². The van der Waals surface area contributed by atoms with Crippen molar-refractivity contribution in [2.45, 2.75) is 19.9 Å². The second-order valence-corrected chi connectivity index (χ2v) is 7.68. The molecule has 32 heavy (non-hydrogen) atoms. The van der Waals surface area contributed by atoms with Gasteiger partial charge in [-0.15, -0.1) is 0 Å². The Labute approximate surface area is 183 Å². The third-order valence-electron chi connectivity index (χ3n) is 5.67. The fourth-order valence-corrected chi connectivity index (χ4v) is 3.93. The Kier molecular flexibility index (Phi) is 5.89. The number of phenols is 1. The number of hydrogen-bond donors (Lipinski definition) is 1. The van der Waals surface area contributed by atoms with Crippen LogP contribution in [0.4, 0.5) is 4.39 Å². The van der Waals surface area contributed by atoms with Gasteiger partial charge in [0.15, 0.2) is 0 Å². The van der Waals surface area contributed by atoms with Crippen LogP contribution in [0.2, 0.25) is 0 Å². The van der Waals surface area contributed by atoms with Gasteiger partial charge in [-0.25, -0.2) is 4.39 Å². The Bertz CT molecular complexity index is 1250. The van der Waals surface area contributed by atoms with Crippen molar-refractivity contribution in [3.05, 3.63) is 69.8 Å². The molecule has 1 aromatic heterocycles. The number of rotatable bonds is 4. The lowest BCUT2D eigenvalue weighted by Gasteiger charge is -2.34. The number of fused-ring (bicyclic) bond motifs is 1. The molecular formula is C23H23FN4O4. The van der Waals surface area contributed by atoms with Gasteiger partial charge >= 0.3 is 0 Å². The molecule has 1 fully saturated rings. The molecule has 9 heteroatoms. The standard InChI is InChI=1S/C23H23FN4O4/c1-2-21(31)26-8-10-27(11-9-26)23(32)17-12-15(6-7-18(17)24)14-28-22-16(20(30)13-25-28)4-3-5-19(22)29/h3-7,12-13,29H,2,8-11,14H2,1H3.